The zero-order valence-corrected chi connectivity index (χ0v) is 8.70. The molecule has 1 amide bonds. The molecular weight excluding hydrogens is 178 g/mol. The molecule has 0 radical (unpaired) electrons. The molecule has 0 aromatic carbocycles. The number of carbonyl (C=O) groups is 1. The highest BCUT2D eigenvalue weighted by Crippen LogP contribution is 2.09. The van der Waals surface area contributed by atoms with Crippen molar-refractivity contribution >= 4 is 12.0 Å². The van der Waals surface area contributed by atoms with E-state index in [2.05, 4.69) is 5.32 Å². The topological polar surface area (TPSA) is 42.2 Å². The minimum atomic E-state index is -0.171. The number of furan rings is 1. The van der Waals surface area contributed by atoms with Crippen molar-refractivity contribution in [1.82, 2.24) is 5.32 Å². The first kappa shape index (κ1) is 10.6. The smallest absolute Gasteiger partial charge is 0.287 e. The molecule has 1 rings (SSSR count). The number of hydrogen-bond donors (Lipinski definition) is 1. The predicted molar refractivity (Wildman–Crippen MR) is 56.0 cm³/mol. The summed E-state index contributed by atoms with van der Waals surface area (Å²) in [6.45, 7) is 5.72. The number of hydrogen-bond acceptors (Lipinski definition) is 2. The van der Waals surface area contributed by atoms with Crippen molar-refractivity contribution in [2.24, 2.45) is 0 Å². The molecule has 0 atom stereocenters. The fourth-order valence-corrected chi connectivity index (χ4v) is 1.06. The number of amides is 1. The lowest BCUT2D eigenvalue weighted by Gasteiger charge is -2.05. The average Bonchev–Trinajstić information content (AvgIpc) is 2.52. The lowest BCUT2D eigenvalue weighted by molar-refractivity contribution is 0.0915. The highest BCUT2D eigenvalue weighted by molar-refractivity contribution is 5.91. The number of carbonyl (C=O) groups excluding carboxylic acids is 1. The molecule has 0 spiro atoms. The Bertz CT molecular complexity index is 337. The van der Waals surface area contributed by atoms with Crippen LogP contribution < -0.4 is 5.32 Å². The largest absolute Gasteiger partial charge is 0.452 e. The molecule has 14 heavy (non-hydrogen) atoms. The molecule has 3 heteroatoms. The summed E-state index contributed by atoms with van der Waals surface area (Å²) < 4.78 is 5.29. The van der Waals surface area contributed by atoms with Crippen molar-refractivity contribution in [3.05, 3.63) is 29.7 Å². The van der Waals surface area contributed by atoms with E-state index in [0.29, 0.717) is 11.5 Å². The Kier molecular flexibility index (Phi) is 3.51. The average molecular weight is 193 g/mol. The lowest BCUT2D eigenvalue weighted by Crippen LogP contribution is -2.29. The fourth-order valence-electron chi connectivity index (χ4n) is 1.06. The van der Waals surface area contributed by atoms with Crippen molar-refractivity contribution < 1.29 is 9.21 Å². The Morgan fingerprint density at radius 2 is 2.21 bits per heavy atom. The molecule has 0 aliphatic rings. The zero-order chi connectivity index (χ0) is 10.6. The van der Waals surface area contributed by atoms with Crippen LogP contribution in [-0.2, 0) is 0 Å². The Morgan fingerprint density at radius 1 is 1.50 bits per heavy atom. The number of nitrogens with one attached hydrogen (secondary N) is 1. The van der Waals surface area contributed by atoms with Crippen LogP contribution in [0.3, 0.4) is 0 Å². The lowest BCUT2D eigenvalue weighted by atomic mass is 10.3. The van der Waals surface area contributed by atoms with Gasteiger partial charge in [0.2, 0.25) is 0 Å². The number of allylic oxidation sites excluding steroid dienone is 1. The molecule has 1 aromatic rings. The maximum atomic E-state index is 11.4. The Morgan fingerprint density at radius 3 is 2.79 bits per heavy atom. The molecule has 0 bridgehead atoms. The van der Waals surface area contributed by atoms with E-state index in [0.717, 1.165) is 0 Å². The first-order chi connectivity index (χ1) is 6.63. The Balaban J connectivity index is 2.71. The van der Waals surface area contributed by atoms with Crippen LogP contribution in [0.25, 0.3) is 6.08 Å². The van der Waals surface area contributed by atoms with Crippen LogP contribution in [0.2, 0.25) is 0 Å². The minimum Gasteiger partial charge on any atom is -0.452 e. The van der Waals surface area contributed by atoms with Gasteiger partial charge in [-0.05, 0) is 39.0 Å². The predicted octanol–water partition coefficient (Wildman–Crippen LogP) is 2.45. The van der Waals surface area contributed by atoms with Gasteiger partial charge in [-0.15, -0.1) is 0 Å². The summed E-state index contributed by atoms with van der Waals surface area (Å²) in [4.78, 5) is 11.4. The second-order valence-corrected chi connectivity index (χ2v) is 3.33. The van der Waals surface area contributed by atoms with Crippen LogP contribution in [0, 0.1) is 0 Å². The van der Waals surface area contributed by atoms with Gasteiger partial charge in [0, 0.05) is 6.04 Å². The summed E-state index contributed by atoms with van der Waals surface area (Å²) in [5.74, 6) is 0.879. The van der Waals surface area contributed by atoms with Gasteiger partial charge in [0.25, 0.3) is 5.91 Å². The highest BCUT2D eigenvalue weighted by atomic mass is 16.3. The van der Waals surface area contributed by atoms with Gasteiger partial charge in [-0.25, -0.2) is 0 Å². The van der Waals surface area contributed by atoms with Crippen molar-refractivity contribution in [3.8, 4) is 0 Å². The summed E-state index contributed by atoms with van der Waals surface area (Å²) in [6, 6.07) is 3.57. The summed E-state index contributed by atoms with van der Waals surface area (Å²) in [6.07, 6.45) is 3.68. The van der Waals surface area contributed by atoms with E-state index in [4.69, 9.17) is 4.42 Å². The van der Waals surface area contributed by atoms with Gasteiger partial charge in [0.05, 0.1) is 0 Å². The van der Waals surface area contributed by atoms with Gasteiger partial charge in [-0.1, -0.05) is 6.08 Å². The molecule has 0 aliphatic carbocycles. The van der Waals surface area contributed by atoms with Crippen molar-refractivity contribution in [3.63, 3.8) is 0 Å². The van der Waals surface area contributed by atoms with Crippen molar-refractivity contribution in [2.45, 2.75) is 26.8 Å². The van der Waals surface area contributed by atoms with Gasteiger partial charge in [0.1, 0.15) is 5.76 Å². The van der Waals surface area contributed by atoms with Crippen LogP contribution in [0.5, 0.6) is 0 Å². The SMILES string of the molecule is C/C=C/c1ccc(C(=O)NC(C)C)o1. The van der Waals surface area contributed by atoms with E-state index in [1.165, 1.54) is 0 Å². The van der Waals surface area contributed by atoms with E-state index < -0.39 is 0 Å². The molecular formula is C11H15NO2. The van der Waals surface area contributed by atoms with Gasteiger partial charge < -0.3 is 9.73 Å². The van der Waals surface area contributed by atoms with Crippen molar-refractivity contribution in [2.75, 3.05) is 0 Å². The molecule has 0 fully saturated rings. The van der Waals surface area contributed by atoms with Crippen molar-refractivity contribution in [1.29, 1.82) is 0 Å². The first-order valence-electron chi connectivity index (χ1n) is 4.67. The molecule has 76 valence electrons. The summed E-state index contributed by atoms with van der Waals surface area (Å²) in [5.41, 5.74) is 0. The monoisotopic (exact) mass is 193 g/mol. The van der Waals surface area contributed by atoms with E-state index in [9.17, 15) is 4.79 Å². The molecule has 0 saturated carbocycles. The fraction of sp³-hybridized carbons (Fsp3) is 0.364. The Labute approximate surface area is 83.8 Å². The first-order valence-corrected chi connectivity index (χ1v) is 4.67. The highest BCUT2D eigenvalue weighted by Gasteiger charge is 2.10. The van der Waals surface area contributed by atoms with Crippen LogP contribution in [0.4, 0.5) is 0 Å². The molecule has 0 unspecified atom stereocenters. The molecule has 1 aromatic heterocycles. The van der Waals surface area contributed by atoms with Gasteiger partial charge >= 0.3 is 0 Å². The summed E-state index contributed by atoms with van der Waals surface area (Å²) in [7, 11) is 0. The van der Waals surface area contributed by atoms with Crippen LogP contribution in [0.1, 0.15) is 37.1 Å². The molecule has 0 saturated heterocycles. The molecule has 1 heterocycles. The van der Waals surface area contributed by atoms with Crippen LogP contribution >= 0.6 is 0 Å². The third-order valence-corrected chi connectivity index (χ3v) is 1.60. The maximum absolute atomic E-state index is 11.4. The third-order valence-electron chi connectivity index (χ3n) is 1.60. The maximum Gasteiger partial charge on any atom is 0.287 e. The number of rotatable bonds is 3. The van der Waals surface area contributed by atoms with E-state index in [-0.39, 0.29) is 11.9 Å². The van der Waals surface area contributed by atoms with E-state index in [1.54, 1.807) is 12.1 Å². The normalized spacial score (nSPS) is 11.1. The summed E-state index contributed by atoms with van der Waals surface area (Å²) >= 11 is 0. The van der Waals surface area contributed by atoms with Crippen LogP contribution in [0.15, 0.2) is 22.6 Å². The second-order valence-electron chi connectivity index (χ2n) is 3.33. The van der Waals surface area contributed by atoms with Crippen LogP contribution in [-0.4, -0.2) is 11.9 Å². The van der Waals surface area contributed by atoms with Gasteiger partial charge in [0.15, 0.2) is 5.76 Å². The molecule has 1 N–H and O–H groups in total. The zero-order valence-electron chi connectivity index (χ0n) is 8.70. The van der Waals surface area contributed by atoms with Gasteiger partial charge in [-0.3, -0.25) is 4.79 Å². The minimum absolute atomic E-state index is 0.123. The third kappa shape index (κ3) is 2.76. The van der Waals surface area contributed by atoms with Gasteiger partial charge in [-0.2, -0.15) is 0 Å². The second kappa shape index (κ2) is 4.65. The quantitative estimate of drug-likeness (QED) is 0.801. The summed E-state index contributed by atoms with van der Waals surface area (Å²) in [5, 5.41) is 2.76. The molecule has 3 nitrogen and oxygen atoms in total. The van der Waals surface area contributed by atoms with E-state index >= 15 is 0 Å². The standard InChI is InChI=1S/C11H15NO2/c1-4-5-9-6-7-10(14-9)11(13)12-8(2)3/h4-8H,1-3H3,(H,12,13)/b5-4+. The Hall–Kier alpha value is -1.51. The van der Waals surface area contributed by atoms with E-state index in [1.807, 2.05) is 32.9 Å². The molecule has 0 aliphatic heterocycles.